The minimum absolute atomic E-state index is 0.200. The van der Waals surface area contributed by atoms with Crippen LogP contribution in [0.4, 0.5) is 11.4 Å². The van der Waals surface area contributed by atoms with E-state index in [1.165, 1.54) is 5.56 Å². The van der Waals surface area contributed by atoms with Gasteiger partial charge >= 0.3 is 0 Å². The van der Waals surface area contributed by atoms with Crippen molar-refractivity contribution in [1.82, 2.24) is 10.1 Å². The van der Waals surface area contributed by atoms with Crippen molar-refractivity contribution in [2.75, 3.05) is 42.9 Å². The summed E-state index contributed by atoms with van der Waals surface area (Å²) in [5.74, 6) is -0.0957. The fourth-order valence-electron chi connectivity index (χ4n) is 3.59. The molecule has 29 heavy (non-hydrogen) atoms. The normalized spacial score (nSPS) is 14.8. The summed E-state index contributed by atoms with van der Waals surface area (Å²) in [6.45, 7) is 9.24. The van der Waals surface area contributed by atoms with Gasteiger partial charge in [0.15, 0.2) is 0 Å². The van der Waals surface area contributed by atoms with E-state index in [0.29, 0.717) is 5.69 Å². The van der Waals surface area contributed by atoms with Crippen molar-refractivity contribution in [1.29, 1.82) is 0 Å². The molecular formula is C23H26N4O2. The van der Waals surface area contributed by atoms with Gasteiger partial charge in [0.2, 0.25) is 5.76 Å². The van der Waals surface area contributed by atoms with Crippen molar-refractivity contribution in [3.8, 4) is 11.3 Å². The summed E-state index contributed by atoms with van der Waals surface area (Å²) in [7, 11) is 0. The lowest BCUT2D eigenvalue weighted by Crippen LogP contribution is -2.46. The van der Waals surface area contributed by atoms with E-state index in [1.54, 1.807) is 6.07 Å². The number of hydrogen-bond donors (Lipinski definition) is 1. The number of benzene rings is 2. The number of amides is 1. The summed E-state index contributed by atoms with van der Waals surface area (Å²) < 4.78 is 5.31. The van der Waals surface area contributed by atoms with E-state index >= 15 is 0 Å². The van der Waals surface area contributed by atoms with Crippen LogP contribution in [0.5, 0.6) is 0 Å². The third-order valence-corrected chi connectivity index (χ3v) is 5.39. The molecule has 2 aromatic carbocycles. The Balaban J connectivity index is 1.49. The molecule has 1 amide bonds. The lowest BCUT2D eigenvalue weighted by atomic mass is 10.1. The topological polar surface area (TPSA) is 61.6 Å². The minimum Gasteiger partial charge on any atom is -0.367 e. The molecular weight excluding hydrogens is 364 g/mol. The van der Waals surface area contributed by atoms with Gasteiger partial charge < -0.3 is 19.6 Å². The van der Waals surface area contributed by atoms with Crippen LogP contribution in [-0.4, -0.2) is 48.7 Å². The number of likely N-dealkylation sites (N-methyl/N-ethyl adjacent to an activating group) is 1. The van der Waals surface area contributed by atoms with Gasteiger partial charge in [-0.15, -0.1) is 0 Å². The molecule has 0 radical (unpaired) electrons. The van der Waals surface area contributed by atoms with Crippen molar-refractivity contribution in [2.24, 2.45) is 0 Å². The monoisotopic (exact) mass is 390 g/mol. The molecule has 0 unspecified atom stereocenters. The third-order valence-electron chi connectivity index (χ3n) is 5.39. The van der Waals surface area contributed by atoms with E-state index in [0.717, 1.165) is 49.7 Å². The highest BCUT2D eigenvalue weighted by Crippen LogP contribution is 2.28. The van der Waals surface area contributed by atoms with Crippen molar-refractivity contribution in [2.45, 2.75) is 13.8 Å². The quantitative estimate of drug-likeness (QED) is 0.712. The predicted molar refractivity (Wildman–Crippen MR) is 115 cm³/mol. The lowest BCUT2D eigenvalue weighted by molar-refractivity contribution is 0.0988. The van der Waals surface area contributed by atoms with Crippen LogP contribution < -0.4 is 10.2 Å². The number of piperazine rings is 1. The number of carbonyl (C=O) groups excluding carboxylic acids is 1. The van der Waals surface area contributed by atoms with Gasteiger partial charge in [0.1, 0.15) is 5.69 Å². The van der Waals surface area contributed by atoms with Gasteiger partial charge in [-0.3, -0.25) is 4.79 Å². The standard InChI is InChI=1S/C23H26N4O2/c1-3-26-12-14-27(15-13-26)21-7-5-4-6-19(21)24-23(28)22-16-20(25-29-22)18-10-8-17(2)9-11-18/h4-11,16H,3,12-15H2,1-2H3,(H,24,28). The number of anilines is 2. The molecule has 1 aromatic heterocycles. The van der Waals surface area contributed by atoms with E-state index in [1.807, 2.05) is 49.4 Å². The highest BCUT2D eigenvalue weighted by atomic mass is 16.5. The van der Waals surface area contributed by atoms with Gasteiger partial charge in [-0.05, 0) is 25.6 Å². The number of aromatic nitrogens is 1. The van der Waals surface area contributed by atoms with Crippen LogP contribution in [0.1, 0.15) is 23.0 Å². The molecule has 2 heterocycles. The number of nitrogens with one attached hydrogen (secondary N) is 1. The molecule has 0 saturated carbocycles. The average Bonchev–Trinajstić information content (AvgIpc) is 3.25. The van der Waals surface area contributed by atoms with Crippen LogP contribution in [0, 0.1) is 6.92 Å². The van der Waals surface area contributed by atoms with Gasteiger partial charge in [-0.1, -0.05) is 54.0 Å². The molecule has 0 spiro atoms. The summed E-state index contributed by atoms with van der Waals surface area (Å²) in [5, 5.41) is 7.05. The summed E-state index contributed by atoms with van der Waals surface area (Å²) in [5.41, 5.74) is 4.57. The molecule has 6 heteroatoms. The second-order valence-electron chi connectivity index (χ2n) is 7.34. The first-order chi connectivity index (χ1) is 14.1. The molecule has 1 saturated heterocycles. The first kappa shape index (κ1) is 19.2. The Morgan fingerprint density at radius 3 is 2.52 bits per heavy atom. The van der Waals surface area contributed by atoms with Crippen molar-refractivity contribution < 1.29 is 9.32 Å². The molecule has 1 N–H and O–H groups in total. The largest absolute Gasteiger partial charge is 0.367 e. The van der Waals surface area contributed by atoms with Crippen LogP contribution in [-0.2, 0) is 0 Å². The Hall–Kier alpha value is -3.12. The Bertz CT molecular complexity index is 973. The van der Waals surface area contributed by atoms with Gasteiger partial charge in [0, 0.05) is 37.8 Å². The Morgan fingerprint density at radius 2 is 1.79 bits per heavy atom. The maximum Gasteiger partial charge on any atom is 0.294 e. The molecule has 1 aliphatic heterocycles. The van der Waals surface area contributed by atoms with Gasteiger partial charge in [0.25, 0.3) is 5.91 Å². The average molecular weight is 390 g/mol. The molecule has 1 aliphatic rings. The molecule has 6 nitrogen and oxygen atoms in total. The van der Waals surface area contributed by atoms with Crippen LogP contribution in [0.25, 0.3) is 11.3 Å². The van der Waals surface area contributed by atoms with Crippen LogP contribution in [0.15, 0.2) is 59.1 Å². The van der Waals surface area contributed by atoms with Crippen molar-refractivity contribution in [3.63, 3.8) is 0 Å². The summed E-state index contributed by atoms with van der Waals surface area (Å²) in [4.78, 5) is 17.5. The number of nitrogens with zero attached hydrogens (tertiary/aromatic N) is 3. The summed E-state index contributed by atoms with van der Waals surface area (Å²) >= 11 is 0. The maximum absolute atomic E-state index is 12.8. The molecule has 0 bridgehead atoms. The van der Waals surface area contributed by atoms with Crippen LogP contribution >= 0.6 is 0 Å². The van der Waals surface area contributed by atoms with Crippen molar-refractivity contribution >= 4 is 17.3 Å². The molecule has 150 valence electrons. The van der Waals surface area contributed by atoms with Crippen LogP contribution in [0.2, 0.25) is 0 Å². The fraction of sp³-hybridized carbons (Fsp3) is 0.304. The molecule has 4 rings (SSSR count). The number of aryl methyl sites for hydroxylation is 1. The maximum atomic E-state index is 12.8. The fourth-order valence-corrected chi connectivity index (χ4v) is 3.59. The zero-order chi connectivity index (χ0) is 20.2. The Kier molecular flexibility index (Phi) is 5.62. The molecule has 3 aromatic rings. The van der Waals surface area contributed by atoms with E-state index in [-0.39, 0.29) is 11.7 Å². The molecule has 0 aliphatic carbocycles. The van der Waals surface area contributed by atoms with Gasteiger partial charge in [-0.2, -0.15) is 0 Å². The molecule has 0 atom stereocenters. The predicted octanol–water partition coefficient (Wildman–Crippen LogP) is 4.04. The number of hydrogen-bond acceptors (Lipinski definition) is 5. The zero-order valence-corrected chi connectivity index (χ0v) is 16.9. The first-order valence-corrected chi connectivity index (χ1v) is 10.1. The smallest absolute Gasteiger partial charge is 0.294 e. The van der Waals surface area contributed by atoms with E-state index in [4.69, 9.17) is 4.52 Å². The highest BCUT2D eigenvalue weighted by Gasteiger charge is 2.20. The first-order valence-electron chi connectivity index (χ1n) is 10.1. The third kappa shape index (κ3) is 4.32. The minimum atomic E-state index is -0.296. The van der Waals surface area contributed by atoms with Gasteiger partial charge in [-0.25, -0.2) is 0 Å². The second-order valence-corrected chi connectivity index (χ2v) is 7.34. The highest BCUT2D eigenvalue weighted by molar-refractivity contribution is 6.04. The summed E-state index contributed by atoms with van der Waals surface area (Å²) in [6.07, 6.45) is 0. The number of para-hydroxylation sites is 2. The second kappa shape index (κ2) is 8.49. The number of rotatable bonds is 5. The van der Waals surface area contributed by atoms with E-state index in [9.17, 15) is 4.79 Å². The SMILES string of the molecule is CCN1CCN(c2ccccc2NC(=O)c2cc(-c3ccc(C)cc3)no2)CC1. The lowest BCUT2D eigenvalue weighted by Gasteiger charge is -2.36. The molecule has 1 fully saturated rings. The number of carbonyl (C=O) groups is 1. The summed E-state index contributed by atoms with van der Waals surface area (Å²) in [6, 6.07) is 17.6. The van der Waals surface area contributed by atoms with E-state index in [2.05, 4.69) is 33.3 Å². The van der Waals surface area contributed by atoms with Crippen molar-refractivity contribution in [3.05, 3.63) is 65.9 Å². The Labute approximate surface area is 171 Å². The van der Waals surface area contributed by atoms with E-state index < -0.39 is 0 Å². The van der Waals surface area contributed by atoms with Gasteiger partial charge in [0.05, 0.1) is 11.4 Å². The Morgan fingerprint density at radius 1 is 1.07 bits per heavy atom. The zero-order valence-electron chi connectivity index (χ0n) is 16.9. The van der Waals surface area contributed by atoms with Crippen LogP contribution in [0.3, 0.4) is 0 Å².